The quantitative estimate of drug-likeness (QED) is 0.444. The van der Waals surface area contributed by atoms with Crippen LogP contribution in [0.2, 0.25) is 0 Å². The summed E-state index contributed by atoms with van der Waals surface area (Å²) in [6.45, 7) is 5.04. The first-order valence-corrected chi connectivity index (χ1v) is 12.5. The maximum absolute atomic E-state index is 12.5. The first kappa shape index (κ1) is 23.6. The van der Waals surface area contributed by atoms with Crippen LogP contribution in [0.15, 0.2) is 48.5 Å². The average Bonchev–Trinajstić information content (AvgIpc) is 3.09. The molecule has 0 bridgehead atoms. The number of benzene rings is 2. The molecular weight excluding hydrogens is 444 g/mol. The monoisotopic (exact) mass is 476 g/mol. The summed E-state index contributed by atoms with van der Waals surface area (Å²) < 4.78 is 17.1. The highest BCUT2D eigenvalue weighted by Gasteiger charge is 2.61. The first-order valence-electron chi connectivity index (χ1n) is 12.5. The second kappa shape index (κ2) is 9.14. The molecule has 0 saturated heterocycles. The molecule has 0 radical (unpaired) electrons. The van der Waals surface area contributed by atoms with E-state index in [0.717, 1.165) is 32.1 Å². The average molecular weight is 477 g/mol. The van der Waals surface area contributed by atoms with Crippen LogP contribution in [0.1, 0.15) is 73.9 Å². The number of rotatable bonds is 4. The molecule has 2 aromatic rings. The topological polar surface area (TPSA) is 78.9 Å². The van der Waals surface area contributed by atoms with Gasteiger partial charge in [0.05, 0.1) is 5.56 Å². The summed E-state index contributed by atoms with van der Waals surface area (Å²) in [5.74, 6) is 0.676. The SMILES string of the molecule is CC(=O)O[C@H]1C[C@H]2[C@H]3CCc4cc(OC(=O)c5ccccc5)ccc4[C@@H]3CC[C@]2(C)[C@H]1OC(C)=O. The lowest BCUT2D eigenvalue weighted by Gasteiger charge is -2.50. The molecule has 0 amide bonds. The predicted molar refractivity (Wildman–Crippen MR) is 129 cm³/mol. The number of aryl methyl sites for hydroxylation is 1. The van der Waals surface area contributed by atoms with Crippen LogP contribution < -0.4 is 4.74 Å². The summed E-state index contributed by atoms with van der Waals surface area (Å²) in [5.41, 5.74) is 2.88. The molecule has 5 rings (SSSR count). The fraction of sp³-hybridized carbons (Fsp3) is 0.483. The molecule has 0 aromatic heterocycles. The van der Waals surface area contributed by atoms with Crippen molar-refractivity contribution in [3.63, 3.8) is 0 Å². The lowest BCUT2D eigenvalue weighted by Crippen LogP contribution is -2.46. The standard InChI is InChI=1S/C29H32O6/c1-17(30)33-26-16-25-24-11-9-20-15-21(35-28(32)19-7-5-4-6-8-19)10-12-22(20)23(24)13-14-29(25,3)27(26)34-18(2)31/h4-8,10,12,15,23-27H,9,11,13-14,16H2,1-3H3/t23-,24-,25-,26-,27-,29-/m0/s1. The Balaban J connectivity index is 1.37. The van der Waals surface area contributed by atoms with Gasteiger partial charge in [-0.25, -0.2) is 4.79 Å². The molecule has 6 atom stereocenters. The lowest BCUT2D eigenvalue weighted by molar-refractivity contribution is -0.171. The zero-order chi connectivity index (χ0) is 24.7. The Labute approximate surface area is 206 Å². The minimum absolute atomic E-state index is 0.213. The van der Waals surface area contributed by atoms with Crippen molar-refractivity contribution in [3.05, 3.63) is 65.2 Å². The van der Waals surface area contributed by atoms with Crippen molar-refractivity contribution in [1.29, 1.82) is 0 Å². The van der Waals surface area contributed by atoms with Crippen LogP contribution >= 0.6 is 0 Å². The molecule has 3 aliphatic carbocycles. The molecule has 2 aromatic carbocycles. The van der Waals surface area contributed by atoms with Crippen LogP contribution in [-0.2, 0) is 25.5 Å². The Morgan fingerprint density at radius 3 is 2.40 bits per heavy atom. The van der Waals surface area contributed by atoms with Gasteiger partial charge in [-0.3, -0.25) is 9.59 Å². The Hall–Kier alpha value is -3.15. The molecule has 6 nitrogen and oxygen atoms in total. The highest BCUT2D eigenvalue weighted by atomic mass is 16.6. The third-order valence-corrected chi connectivity index (χ3v) is 8.44. The van der Waals surface area contributed by atoms with E-state index in [-0.39, 0.29) is 23.3 Å². The Kier molecular flexibility index (Phi) is 6.16. The molecule has 184 valence electrons. The van der Waals surface area contributed by atoms with Crippen LogP contribution in [-0.4, -0.2) is 30.1 Å². The van der Waals surface area contributed by atoms with Gasteiger partial charge in [-0.1, -0.05) is 31.2 Å². The summed E-state index contributed by atoms with van der Waals surface area (Å²) in [7, 11) is 0. The van der Waals surface area contributed by atoms with Gasteiger partial charge in [0, 0.05) is 19.3 Å². The maximum Gasteiger partial charge on any atom is 0.343 e. The van der Waals surface area contributed by atoms with E-state index in [2.05, 4.69) is 13.0 Å². The van der Waals surface area contributed by atoms with Crippen molar-refractivity contribution in [2.24, 2.45) is 17.3 Å². The summed E-state index contributed by atoms with van der Waals surface area (Å²) in [4.78, 5) is 36.2. The number of esters is 3. The number of hydrogen-bond donors (Lipinski definition) is 0. The van der Waals surface area contributed by atoms with Gasteiger partial charge in [0.15, 0.2) is 0 Å². The van der Waals surface area contributed by atoms with E-state index in [1.54, 1.807) is 12.1 Å². The van der Waals surface area contributed by atoms with Gasteiger partial charge in [-0.15, -0.1) is 0 Å². The molecular formula is C29H32O6. The summed E-state index contributed by atoms with van der Waals surface area (Å²) in [6.07, 6.45) is 3.71. The summed E-state index contributed by atoms with van der Waals surface area (Å²) >= 11 is 0. The minimum Gasteiger partial charge on any atom is -0.459 e. The van der Waals surface area contributed by atoms with Gasteiger partial charge < -0.3 is 14.2 Å². The first-order chi connectivity index (χ1) is 16.8. The van der Waals surface area contributed by atoms with Crippen LogP contribution in [0.5, 0.6) is 5.75 Å². The van der Waals surface area contributed by atoms with Crippen molar-refractivity contribution in [3.8, 4) is 5.75 Å². The number of carbonyl (C=O) groups excluding carboxylic acids is 3. The van der Waals surface area contributed by atoms with Crippen LogP contribution in [0.4, 0.5) is 0 Å². The van der Waals surface area contributed by atoms with E-state index in [9.17, 15) is 14.4 Å². The van der Waals surface area contributed by atoms with Crippen LogP contribution in [0.3, 0.4) is 0 Å². The van der Waals surface area contributed by atoms with Crippen molar-refractivity contribution in [2.45, 2.75) is 71.0 Å². The highest BCUT2D eigenvalue weighted by Crippen LogP contribution is 2.62. The minimum atomic E-state index is -0.406. The van der Waals surface area contributed by atoms with Gasteiger partial charge >= 0.3 is 17.9 Å². The van der Waals surface area contributed by atoms with E-state index in [1.807, 2.05) is 30.3 Å². The second-order valence-corrected chi connectivity index (χ2v) is 10.5. The van der Waals surface area contributed by atoms with E-state index in [4.69, 9.17) is 14.2 Å². The fourth-order valence-electron chi connectivity index (χ4n) is 7.02. The smallest absolute Gasteiger partial charge is 0.343 e. The van der Waals surface area contributed by atoms with Gasteiger partial charge in [0.25, 0.3) is 0 Å². The molecule has 35 heavy (non-hydrogen) atoms. The predicted octanol–water partition coefficient (Wildman–Crippen LogP) is 5.24. The van der Waals surface area contributed by atoms with Gasteiger partial charge in [-0.05, 0) is 85.3 Å². The normalized spacial score (nSPS) is 30.9. The largest absolute Gasteiger partial charge is 0.459 e. The van der Waals surface area contributed by atoms with E-state index >= 15 is 0 Å². The maximum atomic E-state index is 12.5. The van der Waals surface area contributed by atoms with Crippen molar-refractivity contribution >= 4 is 17.9 Å². The molecule has 6 heteroatoms. The fourth-order valence-corrected chi connectivity index (χ4v) is 7.02. The molecule has 0 spiro atoms. The molecule has 0 N–H and O–H groups in total. The lowest BCUT2D eigenvalue weighted by atomic mass is 9.55. The number of ether oxygens (including phenoxy) is 3. The van der Waals surface area contributed by atoms with Crippen LogP contribution in [0.25, 0.3) is 0 Å². The Bertz CT molecular complexity index is 1140. The van der Waals surface area contributed by atoms with Gasteiger partial charge in [-0.2, -0.15) is 0 Å². The van der Waals surface area contributed by atoms with E-state index < -0.39 is 12.2 Å². The zero-order valence-corrected chi connectivity index (χ0v) is 20.5. The van der Waals surface area contributed by atoms with Gasteiger partial charge in [0.1, 0.15) is 18.0 Å². The number of fused-ring (bicyclic) bond motifs is 5. The second-order valence-electron chi connectivity index (χ2n) is 10.5. The molecule has 2 fully saturated rings. The van der Waals surface area contributed by atoms with E-state index in [0.29, 0.717) is 29.1 Å². The van der Waals surface area contributed by atoms with Crippen molar-refractivity contribution in [2.75, 3.05) is 0 Å². The molecule has 0 unspecified atom stereocenters. The third kappa shape index (κ3) is 4.35. The summed E-state index contributed by atoms with van der Waals surface area (Å²) in [5, 5.41) is 0. The number of carbonyl (C=O) groups is 3. The molecule has 0 aliphatic heterocycles. The Morgan fingerprint density at radius 1 is 0.943 bits per heavy atom. The Morgan fingerprint density at radius 2 is 1.69 bits per heavy atom. The molecule has 0 heterocycles. The van der Waals surface area contributed by atoms with Gasteiger partial charge in [0.2, 0.25) is 0 Å². The van der Waals surface area contributed by atoms with Crippen molar-refractivity contribution in [1.82, 2.24) is 0 Å². The van der Waals surface area contributed by atoms with E-state index in [1.165, 1.54) is 25.0 Å². The number of hydrogen-bond acceptors (Lipinski definition) is 6. The molecule has 3 aliphatic rings. The zero-order valence-electron chi connectivity index (χ0n) is 20.5. The van der Waals surface area contributed by atoms with Crippen LogP contribution in [0, 0.1) is 17.3 Å². The highest BCUT2D eigenvalue weighted by molar-refractivity contribution is 5.91. The summed E-state index contributed by atoms with van der Waals surface area (Å²) in [6, 6.07) is 15.0. The molecule has 2 saturated carbocycles. The van der Waals surface area contributed by atoms with Crippen molar-refractivity contribution < 1.29 is 28.6 Å². The third-order valence-electron chi connectivity index (χ3n) is 8.44.